The van der Waals surface area contributed by atoms with Crippen LogP contribution in [0.15, 0.2) is 36.7 Å². The van der Waals surface area contributed by atoms with Crippen molar-refractivity contribution >= 4 is 28.8 Å². The van der Waals surface area contributed by atoms with Crippen LogP contribution < -0.4 is 11.1 Å². The molecule has 0 saturated heterocycles. The SMILES string of the molecule is Cc1ccc(-c2c(C=CC(=O)NC34CC5CC(CC(C5)C3)C4)n(CCCO)c3ncnc(N)c23)cc1.N#CO. The van der Waals surface area contributed by atoms with Crippen LogP contribution in [0.2, 0.25) is 0 Å². The molecule has 0 unspecified atom stereocenters. The molecule has 4 fully saturated rings. The van der Waals surface area contributed by atoms with Gasteiger partial charge in [0, 0.05) is 30.3 Å². The number of aryl methyl sites for hydroxylation is 2. The van der Waals surface area contributed by atoms with Crippen molar-refractivity contribution in [1.82, 2.24) is 19.9 Å². The fraction of sp³-hybridized carbons (Fsp3) is 0.467. The molecule has 2 heterocycles. The monoisotopic (exact) mass is 528 g/mol. The largest absolute Gasteiger partial charge is 0.443 e. The molecule has 1 amide bonds. The molecule has 0 spiro atoms. The summed E-state index contributed by atoms with van der Waals surface area (Å²) in [5.41, 5.74) is 11.0. The highest BCUT2D eigenvalue weighted by atomic mass is 16.3. The topological polar surface area (TPSA) is 150 Å². The van der Waals surface area contributed by atoms with Gasteiger partial charge in [-0.1, -0.05) is 29.8 Å². The lowest BCUT2D eigenvalue weighted by Gasteiger charge is -2.56. The Morgan fingerprint density at radius 2 is 1.79 bits per heavy atom. The van der Waals surface area contributed by atoms with E-state index in [2.05, 4.69) is 46.5 Å². The van der Waals surface area contributed by atoms with E-state index in [4.69, 9.17) is 16.1 Å². The van der Waals surface area contributed by atoms with E-state index >= 15 is 0 Å². The molecule has 4 aliphatic rings. The fourth-order valence-corrected chi connectivity index (χ4v) is 7.57. The third-order valence-corrected chi connectivity index (χ3v) is 8.61. The number of hydrogen-bond acceptors (Lipinski definition) is 7. The number of anilines is 1. The number of aromatic nitrogens is 3. The van der Waals surface area contributed by atoms with Crippen LogP contribution in [0.3, 0.4) is 0 Å². The second-order valence-corrected chi connectivity index (χ2v) is 11.4. The number of nitrogen functional groups attached to an aromatic ring is 1. The molecule has 4 aliphatic carbocycles. The predicted molar refractivity (Wildman–Crippen MR) is 149 cm³/mol. The van der Waals surface area contributed by atoms with Gasteiger partial charge in [-0.3, -0.25) is 4.79 Å². The van der Waals surface area contributed by atoms with Crippen LogP contribution in [0.5, 0.6) is 0 Å². The first-order valence-corrected chi connectivity index (χ1v) is 13.7. The van der Waals surface area contributed by atoms with Crippen LogP contribution >= 0.6 is 0 Å². The first-order chi connectivity index (χ1) is 18.9. The Kier molecular flexibility index (Phi) is 7.58. The average molecular weight is 529 g/mol. The Hall–Kier alpha value is -3.90. The van der Waals surface area contributed by atoms with Gasteiger partial charge in [0.2, 0.25) is 5.91 Å². The van der Waals surface area contributed by atoms with Crippen molar-refractivity contribution < 1.29 is 15.0 Å². The van der Waals surface area contributed by atoms with Gasteiger partial charge in [0.1, 0.15) is 17.8 Å². The van der Waals surface area contributed by atoms with Crippen molar-refractivity contribution in [2.45, 2.75) is 64.0 Å². The number of nitrogens with two attached hydrogens (primary N) is 1. The van der Waals surface area contributed by atoms with Crippen molar-refractivity contribution in [1.29, 1.82) is 5.26 Å². The van der Waals surface area contributed by atoms with E-state index in [1.54, 1.807) is 6.08 Å². The Balaban J connectivity index is 0.000000983. The summed E-state index contributed by atoms with van der Waals surface area (Å²) in [5, 5.41) is 27.5. The van der Waals surface area contributed by atoms with Crippen LogP contribution in [0, 0.1) is 36.2 Å². The molecule has 0 atom stereocenters. The highest BCUT2D eigenvalue weighted by Gasteiger charge is 2.51. The van der Waals surface area contributed by atoms with E-state index in [0.717, 1.165) is 65.5 Å². The van der Waals surface area contributed by atoms with Gasteiger partial charge >= 0.3 is 0 Å². The number of nitrogens with zero attached hydrogens (tertiary/aromatic N) is 4. The van der Waals surface area contributed by atoms with Gasteiger partial charge in [-0.05, 0) is 81.3 Å². The summed E-state index contributed by atoms with van der Waals surface area (Å²) in [5.74, 6) is 2.69. The molecule has 7 rings (SSSR count). The molecule has 39 heavy (non-hydrogen) atoms. The highest BCUT2D eigenvalue weighted by molar-refractivity contribution is 6.05. The second kappa shape index (κ2) is 11.1. The van der Waals surface area contributed by atoms with Crippen LogP contribution in [0.4, 0.5) is 5.82 Å². The number of benzene rings is 1. The number of amides is 1. The number of nitriles is 1. The van der Waals surface area contributed by atoms with Gasteiger partial charge in [0.15, 0.2) is 0 Å². The number of hydrogen-bond donors (Lipinski definition) is 4. The Labute approximate surface area is 228 Å². The minimum absolute atomic E-state index is 0.0323. The maximum Gasteiger partial charge on any atom is 0.283 e. The van der Waals surface area contributed by atoms with E-state index in [1.807, 2.05) is 10.6 Å². The minimum atomic E-state index is -0.0372. The predicted octanol–water partition coefficient (Wildman–Crippen LogP) is 4.31. The lowest BCUT2D eigenvalue weighted by molar-refractivity contribution is -0.122. The summed E-state index contributed by atoms with van der Waals surface area (Å²) in [6.07, 6.45) is 13.8. The first kappa shape index (κ1) is 26.7. The van der Waals surface area contributed by atoms with Crippen molar-refractivity contribution in [3.8, 4) is 17.4 Å². The van der Waals surface area contributed by atoms with E-state index < -0.39 is 0 Å². The second-order valence-electron chi connectivity index (χ2n) is 11.4. The van der Waals surface area contributed by atoms with Crippen molar-refractivity contribution in [2.24, 2.45) is 17.8 Å². The van der Waals surface area contributed by atoms with Gasteiger partial charge in [-0.25, -0.2) is 9.97 Å². The Bertz CT molecular complexity index is 1380. The van der Waals surface area contributed by atoms with E-state index in [1.165, 1.54) is 31.2 Å². The van der Waals surface area contributed by atoms with Crippen molar-refractivity contribution in [3.63, 3.8) is 0 Å². The Morgan fingerprint density at radius 1 is 1.18 bits per heavy atom. The quantitative estimate of drug-likeness (QED) is 0.264. The van der Waals surface area contributed by atoms with E-state index in [0.29, 0.717) is 24.4 Å². The third kappa shape index (κ3) is 5.34. The number of carbonyl (C=O) groups excluding carboxylic acids is 1. The summed E-state index contributed by atoms with van der Waals surface area (Å²) in [7, 11) is 0. The highest BCUT2D eigenvalue weighted by Crippen LogP contribution is 2.55. The number of fused-ring (bicyclic) bond motifs is 1. The van der Waals surface area contributed by atoms with E-state index in [9.17, 15) is 9.90 Å². The molecule has 204 valence electrons. The number of carbonyl (C=O) groups is 1. The zero-order chi connectivity index (χ0) is 27.6. The summed E-state index contributed by atoms with van der Waals surface area (Å²) in [6.45, 7) is 2.68. The molecule has 0 radical (unpaired) electrons. The summed E-state index contributed by atoms with van der Waals surface area (Å²) in [4.78, 5) is 22.1. The molecule has 9 heteroatoms. The normalized spacial score (nSPS) is 24.9. The Morgan fingerprint density at radius 3 is 2.38 bits per heavy atom. The lowest BCUT2D eigenvalue weighted by atomic mass is 9.53. The molecule has 2 aromatic heterocycles. The molecule has 1 aromatic carbocycles. The van der Waals surface area contributed by atoms with Gasteiger partial charge in [0.25, 0.3) is 6.26 Å². The van der Waals surface area contributed by atoms with Crippen LogP contribution in [-0.2, 0) is 11.3 Å². The number of aliphatic hydroxyl groups is 2. The molecule has 5 N–H and O–H groups in total. The molecule has 0 aliphatic heterocycles. The first-order valence-electron chi connectivity index (χ1n) is 13.7. The standard InChI is InChI=1S/C29H35N5O2.CHNO/c1-18-3-5-22(6-4-18)25-23(34(9-2-10-35)28-26(25)27(30)31-17-32-28)7-8-24(36)33-29-14-19-11-20(15-29)13-21(12-19)16-29;2-1-3/h3-8,17,19-21,35H,2,9-16H2,1H3,(H,33,36)(H2,30,31,32);3H. The molecule has 4 saturated carbocycles. The van der Waals surface area contributed by atoms with Gasteiger partial charge < -0.3 is 25.8 Å². The number of nitrogens with one attached hydrogen (secondary N) is 1. The van der Waals surface area contributed by atoms with Crippen molar-refractivity contribution in [3.05, 3.63) is 47.9 Å². The van der Waals surface area contributed by atoms with Crippen LogP contribution in [-0.4, -0.2) is 42.8 Å². The third-order valence-electron chi connectivity index (χ3n) is 8.61. The molecule has 3 aromatic rings. The van der Waals surface area contributed by atoms with Gasteiger partial charge in [-0.15, -0.1) is 0 Å². The maximum atomic E-state index is 13.3. The van der Waals surface area contributed by atoms with Gasteiger partial charge in [0.05, 0.1) is 11.1 Å². The number of rotatable bonds is 7. The van der Waals surface area contributed by atoms with Crippen LogP contribution in [0.1, 0.15) is 56.2 Å². The molecule has 9 nitrogen and oxygen atoms in total. The summed E-state index contributed by atoms with van der Waals surface area (Å²) in [6, 6.07) is 8.28. The van der Waals surface area contributed by atoms with E-state index in [-0.39, 0.29) is 18.1 Å². The molecular weight excluding hydrogens is 492 g/mol. The molecular formula is C30H36N6O3. The smallest absolute Gasteiger partial charge is 0.283 e. The minimum Gasteiger partial charge on any atom is -0.443 e. The molecule has 4 bridgehead atoms. The summed E-state index contributed by atoms with van der Waals surface area (Å²) >= 11 is 0. The van der Waals surface area contributed by atoms with Crippen molar-refractivity contribution in [2.75, 3.05) is 12.3 Å². The summed E-state index contributed by atoms with van der Waals surface area (Å²) < 4.78 is 2.05. The number of aliphatic hydroxyl groups excluding tert-OH is 2. The average Bonchev–Trinajstić information content (AvgIpc) is 3.20. The maximum absolute atomic E-state index is 13.3. The fourth-order valence-electron chi connectivity index (χ4n) is 7.57. The van der Waals surface area contributed by atoms with Crippen LogP contribution in [0.25, 0.3) is 28.2 Å². The van der Waals surface area contributed by atoms with Gasteiger partial charge in [-0.2, -0.15) is 5.26 Å². The zero-order valence-electron chi connectivity index (χ0n) is 22.3. The lowest BCUT2D eigenvalue weighted by Crippen LogP contribution is -2.59. The zero-order valence-corrected chi connectivity index (χ0v) is 22.3.